The van der Waals surface area contributed by atoms with E-state index in [1.165, 1.54) is 0 Å². The maximum absolute atomic E-state index is 8.62. The Morgan fingerprint density at radius 2 is 2.30 bits per heavy atom. The van der Waals surface area contributed by atoms with E-state index in [2.05, 4.69) is 0 Å². The number of aliphatic hydroxyl groups excluding tert-OH is 2. The Bertz CT molecular complexity index is 160. The van der Waals surface area contributed by atoms with Crippen LogP contribution in [0.5, 0.6) is 0 Å². The molecule has 56 valence electrons. The second-order valence-corrected chi connectivity index (χ2v) is 2.01. The minimum atomic E-state index is -0.285. The fraction of sp³-hybridized carbons (Fsp3) is 0.429. The highest BCUT2D eigenvalue weighted by atomic mass is 16.5. The molecule has 3 nitrogen and oxygen atoms in total. The largest absolute Gasteiger partial charge is 0.486 e. The van der Waals surface area contributed by atoms with Gasteiger partial charge in [-0.1, -0.05) is 6.08 Å². The van der Waals surface area contributed by atoms with E-state index in [9.17, 15) is 0 Å². The van der Waals surface area contributed by atoms with Crippen molar-refractivity contribution >= 4 is 0 Å². The molecule has 0 saturated carbocycles. The van der Waals surface area contributed by atoms with Crippen molar-refractivity contribution in [2.75, 3.05) is 13.2 Å². The van der Waals surface area contributed by atoms with Crippen molar-refractivity contribution in [1.82, 2.24) is 0 Å². The minimum absolute atomic E-state index is 0.0478. The van der Waals surface area contributed by atoms with E-state index < -0.39 is 0 Å². The van der Waals surface area contributed by atoms with Gasteiger partial charge in [0.05, 0.1) is 6.61 Å². The number of hydrogen-bond donors (Lipinski definition) is 2. The monoisotopic (exact) mass is 142 g/mol. The molecule has 1 unspecified atom stereocenters. The van der Waals surface area contributed by atoms with Crippen molar-refractivity contribution < 1.29 is 14.9 Å². The fourth-order valence-electron chi connectivity index (χ4n) is 0.748. The zero-order valence-electron chi connectivity index (χ0n) is 5.53. The first-order valence-electron chi connectivity index (χ1n) is 3.12. The standard InChI is InChI=1S/C7H10O3/c8-4-6-2-1-3-7(5-9)10-6/h1-3,6,8-9H,4-5H2. The van der Waals surface area contributed by atoms with Crippen LogP contribution in [0.3, 0.4) is 0 Å². The molecule has 1 heterocycles. The summed E-state index contributed by atoms with van der Waals surface area (Å²) >= 11 is 0. The summed E-state index contributed by atoms with van der Waals surface area (Å²) in [5.74, 6) is 0.501. The molecule has 0 saturated heterocycles. The second-order valence-electron chi connectivity index (χ2n) is 2.01. The van der Waals surface area contributed by atoms with Crippen molar-refractivity contribution in [2.45, 2.75) is 6.10 Å². The SMILES string of the molecule is OCC1=CC=CC(CO)O1. The lowest BCUT2D eigenvalue weighted by molar-refractivity contribution is 0.0698. The van der Waals surface area contributed by atoms with Gasteiger partial charge in [0.2, 0.25) is 0 Å². The van der Waals surface area contributed by atoms with Crippen molar-refractivity contribution in [2.24, 2.45) is 0 Å². The van der Waals surface area contributed by atoms with Gasteiger partial charge in [0, 0.05) is 0 Å². The van der Waals surface area contributed by atoms with Crippen LogP contribution in [0.25, 0.3) is 0 Å². The first-order valence-corrected chi connectivity index (χ1v) is 3.12. The topological polar surface area (TPSA) is 49.7 Å². The highest BCUT2D eigenvalue weighted by molar-refractivity contribution is 5.14. The molecular formula is C7H10O3. The van der Waals surface area contributed by atoms with Crippen LogP contribution in [-0.4, -0.2) is 29.5 Å². The van der Waals surface area contributed by atoms with Gasteiger partial charge in [0.25, 0.3) is 0 Å². The molecule has 0 aromatic rings. The van der Waals surface area contributed by atoms with Gasteiger partial charge in [-0.2, -0.15) is 0 Å². The molecule has 1 rings (SSSR count). The summed E-state index contributed by atoms with van der Waals surface area (Å²) in [7, 11) is 0. The van der Waals surface area contributed by atoms with Gasteiger partial charge in [-0.05, 0) is 12.2 Å². The Morgan fingerprint density at radius 1 is 1.50 bits per heavy atom. The zero-order valence-corrected chi connectivity index (χ0v) is 5.53. The molecule has 2 N–H and O–H groups in total. The molecule has 1 aliphatic rings. The van der Waals surface area contributed by atoms with Gasteiger partial charge in [0.1, 0.15) is 18.5 Å². The molecule has 0 aromatic carbocycles. The smallest absolute Gasteiger partial charge is 0.140 e. The van der Waals surface area contributed by atoms with Crippen LogP contribution in [0, 0.1) is 0 Å². The molecule has 3 heteroatoms. The number of aliphatic hydroxyl groups is 2. The zero-order chi connectivity index (χ0) is 7.40. The van der Waals surface area contributed by atoms with E-state index in [1.54, 1.807) is 18.2 Å². The van der Waals surface area contributed by atoms with Crippen LogP contribution in [0.15, 0.2) is 24.0 Å². The summed E-state index contributed by atoms with van der Waals surface area (Å²) in [6.07, 6.45) is 4.88. The molecule has 0 radical (unpaired) electrons. The van der Waals surface area contributed by atoms with E-state index in [-0.39, 0.29) is 19.3 Å². The van der Waals surface area contributed by atoms with Crippen LogP contribution >= 0.6 is 0 Å². The first-order chi connectivity index (χ1) is 4.86. The normalized spacial score (nSPS) is 23.8. The fourth-order valence-corrected chi connectivity index (χ4v) is 0.748. The number of hydrogen-bond acceptors (Lipinski definition) is 3. The van der Waals surface area contributed by atoms with Gasteiger partial charge in [-0.15, -0.1) is 0 Å². The van der Waals surface area contributed by atoms with Gasteiger partial charge < -0.3 is 14.9 Å². The summed E-state index contributed by atoms with van der Waals surface area (Å²) in [6.45, 7) is -0.158. The molecule has 0 fully saturated rings. The van der Waals surface area contributed by atoms with Crippen molar-refractivity contribution in [3.05, 3.63) is 24.0 Å². The Labute approximate surface area is 59.2 Å². The molecular weight excluding hydrogens is 132 g/mol. The average Bonchev–Trinajstić information content (AvgIpc) is 2.05. The van der Waals surface area contributed by atoms with Crippen LogP contribution < -0.4 is 0 Å². The molecule has 0 amide bonds. The molecule has 0 aromatic heterocycles. The maximum atomic E-state index is 8.62. The van der Waals surface area contributed by atoms with E-state index in [0.717, 1.165) is 0 Å². The third-order valence-corrected chi connectivity index (χ3v) is 1.25. The van der Waals surface area contributed by atoms with Crippen LogP contribution in [0.4, 0.5) is 0 Å². The highest BCUT2D eigenvalue weighted by Gasteiger charge is 2.08. The Balaban J connectivity index is 2.50. The van der Waals surface area contributed by atoms with E-state index in [0.29, 0.717) is 5.76 Å². The summed E-state index contributed by atoms with van der Waals surface area (Å²) in [6, 6.07) is 0. The molecule has 1 atom stereocenters. The summed E-state index contributed by atoms with van der Waals surface area (Å²) in [5, 5.41) is 17.2. The van der Waals surface area contributed by atoms with Gasteiger partial charge >= 0.3 is 0 Å². The maximum Gasteiger partial charge on any atom is 0.140 e. The molecule has 10 heavy (non-hydrogen) atoms. The quantitative estimate of drug-likeness (QED) is 0.561. The summed E-state index contributed by atoms with van der Waals surface area (Å²) in [5.41, 5.74) is 0. The summed E-state index contributed by atoms with van der Waals surface area (Å²) < 4.78 is 5.06. The predicted octanol–water partition coefficient (Wildman–Crippen LogP) is -0.190. The van der Waals surface area contributed by atoms with Crippen LogP contribution in [0.2, 0.25) is 0 Å². The van der Waals surface area contributed by atoms with Crippen LogP contribution in [-0.2, 0) is 4.74 Å². The highest BCUT2D eigenvalue weighted by Crippen LogP contribution is 2.08. The van der Waals surface area contributed by atoms with Gasteiger partial charge in [-0.3, -0.25) is 0 Å². The first kappa shape index (κ1) is 7.31. The Morgan fingerprint density at radius 3 is 2.90 bits per heavy atom. The molecule has 0 spiro atoms. The number of allylic oxidation sites excluding steroid dienone is 2. The van der Waals surface area contributed by atoms with Crippen molar-refractivity contribution in [3.63, 3.8) is 0 Å². The van der Waals surface area contributed by atoms with E-state index in [4.69, 9.17) is 14.9 Å². The number of rotatable bonds is 2. The Kier molecular flexibility index (Phi) is 2.48. The molecule has 0 aliphatic carbocycles. The molecule has 1 aliphatic heterocycles. The van der Waals surface area contributed by atoms with Crippen LogP contribution in [0.1, 0.15) is 0 Å². The summed E-state index contributed by atoms with van der Waals surface area (Å²) in [4.78, 5) is 0. The van der Waals surface area contributed by atoms with E-state index >= 15 is 0 Å². The number of ether oxygens (including phenoxy) is 1. The minimum Gasteiger partial charge on any atom is -0.486 e. The molecule has 0 bridgehead atoms. The second kappa shape index (κ2) is 3.39. The van der Waals surface area contributed by atoms with Gasteiger partial charge in [0.15, 0.2) is 0 Å². The Hall–Kier alpha value is -0.800. The van der Waals surface area contributed by atoms with Crippen molar-refractivity contribution in [1.29, 1.82) is 0 Å². The average molecular weight is 142 g/mol. The van der Waals surface area contributed by atoms with Gasteiger partial charge in [-0.25, -0.2) is 0 Å². The van der Waals surface area contributed by atoms with E-state index in [1.807, 2.05) is 0 Å². The predicted molar refractivity (Wildman–Crippen MR) is 36.3 cm³/mol. The third kappa shape index (κ3) is 1.59. The lowest BCUT2D eigenvalue weighted by Crippen LogP contribution is -2.17. The lowest BCUT2D eigenvalue weighted by Gasteiger charge is -2.17. The lowest BCUT2D eigenvalue weighted by atomic mass is 10.2. The third-order valence-electron chi connectivity index (χ3n) is 1.25. The van der Waals surface area contributed by atoms with Crippen molar-refractivity contribution in [3.8, 4) is 0 Å².